The van der Waals surface area contributed by atoms with Crippen LogP contribution in [0.15, 0.2) is 71.2 Å². The van der Waals surface area contributed by atoms with E-state index < -0.39 is 27.7 Å². The number of aryl methyl sites for hydroxylation is 1. The summed E-state index contributed by atoms with van der Waals surface area (Å²) in [6.45, 7) is 1.90. The first-order chi connectivity index (χ1) is 12.1. The summed E-state index contributed by atoms with van der Waals surface area (Å²) in [4.78, 5) is -0.0832. The molecule has 0 spiro atoms. The molecular formula is C19H16F3NO2S. The zero-order valence-electron chi connectivity index (χ0n) is 13.8. The van der Waals surface area contributed by atoms with Gasteiger partial charge in [0.2, 0.25) is 10.0 Å². The Morgan fingerprint density at radius 2 is 1.54 bits per heavy atom. The summed E-state index contributed by atoms with van der Waals surface area (Å²) in [5.41, 5.74) is 2.05. The van der Waals surface area contributed by atoms with Gasteiger partial charge in [0.25, 0.3) is 0 Å². The van der Waals surface area contributed by atoms with Crippen LogP contribution in [0.5, 0.6) is 0 Å². The number of nitrogens with two attached hydrogens (primary N) is 1. The number of primary sulfonamides is 1. The van der Waals surface area contributed by atoms with Crippen molar-refractivity contribution in [3.63, 3.8) is 0 Å². The largest absolute Gasteiger partial charge is 0.416 e. The molecule has 3 nitrogen and oxygen atoms in total. The zero-order chi connectivity index (χ0) is 19.1. The fourth-order valence-corrected chi connectivity index (χ4v) is 3.42. The van der Waals surface area contributed by atoms with E-state index in [4.69, 9.17) is 5.14 Å². The number of allylic oxidation sites excluding steroid dienone is 4. The van der Waals surface area contributed by atoms with Crippen molar-refractivity contribution in [2.45, 2.75) is 23.9 Å². The van der Waals surface area contributed by atoms with Gasteiger partial charge >= 0.3 is 6.18 Å². The SMILES string of the molecule is Cc1ccc(C2=CC(C(F)(F)F)=CC2c2ccc(S(N)(=O)=O)cc2)cc1. The Kier molecular flexibility index (Phi) is 4.54. The van der Waals surface area contributed by atoms with E-state index in [1.807, 2.05) is 19.1 Å². The summed E-state index contributed by atoms with van der Waals surface area (Å²) in [7, 11) is -3.86. The van der Waals surface area contributed by atoms with Crippen molar-refractivity contribution in [2.75, 3.05) is 0 Å². The van der Waals surface area contributed by atoms with E-state index in [0.717, 1.165) is 17.7 Å². The molecule has 0 saturated carbocycles. The molecule has 0 aromatic heterocycles. The second-order valence-electron chi connectivity index (χ2n) is 6.18. The molecule has 3 rings (SSSR count). The van der Waals surface area contributed by atoms with Gasteiger partial charge in [-0.2, -0.15) is 13.2 Å². The van der Waals surface area contributed by atoms with Crippen molar-refractivity contribution in [3.05, 3.63) is 82.9 Å². The lowest BCUT2D eigenvalue weighted by Crippen LogP contribution is -2.12. The normalized spacial score (nSPS) is 17.8. The summed E-state index contributed by atoms with van der Waals surface area (Å²) in [6, 6.07) is 12.8. The number of hydrogen-bond donors (Lipinski definition) is 1. The molecule has 7 heteroatoms. The fourth-order valence-electron chi connectivity index (χ4n) is 2.90. The van der Waals surface area contributed by atoms with Crippen LogP contribution in [-0.2, 0) is 10.0 Å². The van der Waals surface area contributed by atoms with E-state index in [1.54, 1.807) is 12.1 Å². The molecule has 0 saturated heterocycles. The molecule has 0 radical (unpaired) electrons. The standard InChI is InChI=1S/C19H16F3NO2S/c1-12-2-4-13(5-3-12)17-10-15(19(20,21)22)11-18(17)14-6-8-16(9-7-14)26(23,24)25/h2-11,18H,1H3,(H2,23,24,25). The van der Waals surface area contributed by atoms with Gasteiger partial charge in [-0.1, -0.05) is 48.0 Å². The molecule has 0 heterocycles. The Labute approximate surface area is 149 Å². The summed E-state index contributed by atoms with van der Waals surface area (Å²) in [5.74, 6) is -0.621. The number of halogens is 3. The molecule has 136 valence electrons. The Balaban J connectivity index is 2.06. The monoisotopic (exact) mass is 379 g/mol. The Hall–Kier alpha value is -2.38. The smallest absolute Gasteiger partial charge is 0.225 e. The highest BCUT2D eigenvalue weighted by Crippen LogP contribution is 2.44. The lowest BCUT2D eigenvalue weighted by atomic mass is 9.89. The molecule has 0 amide bonds. The topological polar surface area (TPSA) is 60.2 Å². The predicted octanol–water partition coefficient (Wildman–Crippen LogP) is 4.31. The third kappa shape index (κ3) is 3.73. The van der Waals surface area contributed by atoms with E-state index in [1.165, 1.54) is 24.3 Å². The molecule has 0 fully saturated rings. The summed E-state index contributed by atoms with van der Waals surface area (Å²) >= 11 is 0. The van der Waals surface area contributed by atoms with Crippen LogP contribution in [0.1, 0.15) is 22.6 Å². The Morgan fingerprint density at radius 3 is 2.04 bits per heavy atom. The van der Waals surface area contributed by atoms with Gasteiger partial charge < -0.3 is 0 Å². The van der Waals surface area contributed by atoms with Gasteiger partial charge in [0.1, 0.15) is 0 Å². The molecular weight excluding hydrogens is 363 g/mol. The molecule has 2 aromatic rings. The first kappa shape index (κ1) is 18.4. The molecule has 0 aliphatic heterocycles. The van der Waals surface area contributed by atoms with Crippen LogP contribution in [0.2, 0.25) is 0 Å². The summed E-state index contributed by atoms with van der Waals surface area (Å²) in [5, 5.41) is 5.07. The van der Waals surface area contributed by atoms with Gasteiger partial charge in [-0.25, -0.2) is 13.6 Å². The molecule has 1 aliphatic carbocycles. The number of alkyl halides is 3. The second-order valence-corrected chi connectivity index (χ2v) is 7.74. The molecule has 1 atom stereocenters. The van der Waals surface area contributed by atoms with Gasteiger partial charge in [0, 0.05) is 5.92 Å². The van der Waals surface area contributed by atoms with Crippen LogP contribution in [0.25, 0.3) is 5.57 Å². The number of hydrogen-bond acceptors (Lipinski definition) is 2. The fraction of sp³-hybridized carbons (Fsp3) is 0.158. The van der Waals surface area contributed by atoms with E-state index in [-0.39, 0.29) is 4.90 Å². The Morgan fingerprint density at radius 1 is 0.962 bits per heavy atom. The van der Waals surface area contributed by atoms with E-state index in [2.05, 4.69) is 0 Å². The van der Waals surface area contributed by atoms with Gasteiger partial charge in [-0.15, -0.1) is 0 Å². The molecule has 2 N–H and O–H groups in total. The third-order valence-electron chi connectivity index (χ3n) is 4.27. The van der Waals surface area contributed by atoms with Crippen LogP contribution in [0.4, 0.5) is 13.2 Å². The highest BCUT2D eigenvalue weighted by Gasteiger charge is 2.37. The van der Waals surface area contributed by atoms with Crippen molar-refractivity contribution >= 4 is 15.6 Å². The minimum Gasteiger partial charge on any atom is -0.225 e. The highest BCUT2D eigenvalue weighted by molar-refractivity contribution is 7.89. The first-order valence-electron chi connectivity index (χ1n) is 7.76. The quantitative estimate of drug-likeness (QED) is 0.864. The average molecular weight is 379 g/mol. The van der Waals surface area contributed by atoms with Crippen molar-refractivity contribution in [1.82, 2.24) is 0 Å². The van der Waals surface area contributed by atoms with Crippen LogP contribution < -0.4 is 5.14 Å². The van der Waals surface area contributed by atoms with Crippen molar-refractivity contribution < 1.29 is 21.6 Å². The van der Waals surface area contributed by atoms with Gasteiger partial charge in [-0.05, 0) is 41.8 Å². The lowest BCUT2D eigenvalue weighted by Gasteiger charge is -2.15. The van der Waals surface area contributed by atoms with Crippen LogP contribution in [0.3, 0.4) is 0 Å². The number of rotatable bonds is 3. The molecule has 0 bridgehead atoms. The van der Waals surface area contributed by atoms with Gasteiger partial charge in [0.15, 0.2) is 0 Å². The first-order valence-corrected chi connectivity index (χ1v) is 9.31. The molecule has 1 unspecified atom stereocenters. The minimum atomic E-state index is -4.45. The number of sulfonamides is 1. The highest BCUT2D eigenvalue weighted by atomic mass is 32.2. The summed E-state index contributed by atoms with van der Waals surface area (Å²) < 4.78 is 62.4. The minimum absolute atomic E-state index is 0.0832. The predicted molar refractivity (Wildman–Crippen MR) is 93.9 cm³/mol. The van der Waals surface area contributed by atoms with E-state index >= 15 is 0 Å². The van der Waals surface area contributed by atoms with E-state index in [0.29, 0.717) is 16.7 Å². The zero-order valence-corrected chi connectivity index (χ0v) is 14.6. The maximum atomic E-state index is 13.2. The van der Waals surface area contributed by atoms with Crippen molar-refractivity contribution in [1.29, 1.82) is 0 Å². The second kappa shape index (κ2) is 6.41. The third-order valence-corrected chi connectivity index (χ3v) is 5.20. The van der Waals surface area contributed by atoms with E-state index in [9.17, 15) is 21.6 Å². The molecule has 1 aliphatic rings. The Bertz CT molecular complexity index is 987. The molecule has 2 aromatic carbocycles. The number of benzene rings is 2. The van der Waals surface area contributed by atoms with Crippen molar-refractivity contribution in [2.24, 2.45) is 5.14 Å². The van der Waals surface area contributed by atoms with Crippen molar-refractivity contribution in [3.8, 4) is 0 Å². The maximum absolute atomic E-state index is 13.2. The van der Waals surface area contributed by atoms with Gasteiger partial charge in [0.05, 0.1) is 10.5 Å². The van der Waals surface area contributed by atoms with Crippen LogP contribution >= 0.6 is 0 Å². The summed E-state index contributed by atoms with van der Waals surface area (Å²) in [6.07, 6.45) is -2.16. The lowest BCUT2D eigenvalue weighted by molar-refractivity contribution is -0.0880. The van der Waals surface area contributed by atoms with Gasteiger partial charge in [-0.3, -0.25) is 0 Å². The maximum Gasteiger partial charge on any atom is 0.416 e. The van der Waals surface area contributed by atoms with Crippen LogP contribution in [0, 0.1) is 6.92 Å². The average Bonchev–Trinajstić information content (AvgIpc) is 3.00. The molecule has 26 heavy (non-hydrogen) atoms. The van der Waals surface area contributed by atoms with Crippen LogP contribution in [-0.4, -0.2) is 14.6 Å².